The molecule has 0 saturated heterocycles. The lowest BCUT2D eigenvalue weighted by molar-refractivity contribution is -0.135. The smallest absolute Gasteiger partial charge is 0.322 e. The molecule has 0 heterocycles. The molecule has 136 valence electrons. The van der Waals surface area contributed by atoms with Crippen LogP contribution in [0.3, 0.4) is 0 Å². The lowest BCUT2D eigenvalue weighted by Gasteiger charge is -2.10. The first-order valence-electron chi connectivity index (χ1n) is 7.58. The molecule has 0 fully saturated rings. The summed E-state index contributed by atoms with van der Waals surface area (Å²) < 4.78 is 10.3. The Balaban J connectivity index is 2.05. The molecule has 0 radical (unpaired) electrons. The van der Waals surface area contributed by atoms with Gasteiger partial charge in [-0.3, -0.25) is 14.4 Å². The number of carbonyl (C=O) groups excluding carboxylic acids is 2. The van der Waals surface area contributed by atoms with Gasteiger partial charge in [0.1, 0.15) is 6.54 Å². The maximum Gasteiger partial charge on any atom is 0.322 e. The van der Waals surface area contributed by atoms with E-state index in [1.807, 2.05) is 0 Å². The van der Waals surface area contributed by atoms with Crippen molar-refractivity contribution in [2.24, 2.45) is 0 Å². The number of hydrogen-bond donors (Lipinski definition) is 3. The highest BCUT2D eigenvalue weighted by Crippen LogP contribution is 2.27. The van der Waals surface area contributed by atoms with Gasteiger partial charge in [0.15, 0.2) is 11.5 Å². The molecule has 8 nitrogen and oxygen atoms in total. The maximum atomic E-state index is 12.3. The molecular formula is C18H18N2O6. The van der Waals surface area contributed by atoms with E-state index in [2.05, 4.69) is 10.6 Å². The molecule has 0 aliphatic carbocycles. The Morgan fingerprint density at radius 3 is 2.08 bits per heavy atom. The van der Waals surface area contributed by atoms with Crippen LogP contribution in [0.2, 0.25) is 0 Å². The molecule has 0 aliphatic rings. The molecule has 0 spiro atoms. The number of carboxylic acid groups (broad SMARTS) is 1. The van der Waals surface area contributed by atoms with E-state index in [9.17, 15) is 14.4 Å². The molecule has 3 N–H and O–H groups in total. The molecule has 0 atom stereocenters. The van der Waals surface area contributed by atoms with Crippen molar-refractivity contribution in [1.29, 1.82) is 0 Å². The van der Waals surface area contributed by atoms with Gasteiger partial charge in [0.05, 0.1) is 14.2 Å². The second-order valence-corrected chi connectivity index (χ2v) is 5.18. The first kappa shape index (κ1) is 18.8. The lowest BCUT2D eigenvalue weighted by atomic mass is 10.1. The van der Waals surface area contributed by atoms with Gasteiger partial charge >= 0.3 is 5.97 Å². The number of aliphatic carboxylic acids is 1. The summed E-state index contributed by atoms with van der Waals surface area (Å²) in [5, 5.41) is 13.5. The largest absolute Gasteiger partial charge is 0.493 e. The Morgan fingerprint density at radius 1 is 0.885 bits per heavy atom. The second kappa shape index (κ2) is 8.52. The fraction of sp³-hybridized carbons (Fsp3) is 0.167. The van der Waals surface area contributed by atoms with Crippen LogP contribution in [-0.2, 0) is 4.79 Å². The van der Waals surface area contributed by atoms with Crippen LogP contribution >= 0.6 is 0 Å². The first-order chi connectivity index (χ1) is 12.4. The third-order valence-corrected chi connectivity index (χ3v) is 3.45. The molecule has 0 unspecified atom stereocenters. The number of hydrogen-bond acceptors (Lipinski definition) is 5. The number of benzene rings is 2. The number of amides is 2. The molecule has 0 bridgehead atoms. The summed E-state index contributed by atoms with van der Waals surface area (Å²) in [6.07, 6.45) is 0. The molecule has 0 aliphatic heterocycles. The van der Waals surface area contributed by atoms with Crippen LogP contribution in [0.1, 0.15) is 20.7 Å². The predicted molar refractivity (Wildman–Crippen MR) is 93.9 cm³/mol. The van der Waals surface area contributed by atoms with Crippen molar-refractivity contribution in [2.75, 3.05) is 26.1 Å². The normalized spacial score (nSPS) is 9.92. The van der Waals surface area contributed by atoms with Crippen molar-refractivity contribution in [3.05, 3.63) is 53.6 Å². The van der Waals surface area contributed by atoms with Crippen molar-refractivity contribution in [3.8, 4) is 11.5 Å². The number of carboxylic acids is 1. The minimum Gasteiger partial charge on any atom is -0.493 e. The van der Waals surface area contributed by atoms with Crippen LogP contribution in [0.15, 0.2) is 42.5 Å². The van der Waals surface area contributed by atoms with Gasteiger partial charge in [-0.1, -0.05) is 0 Å². The molecule has 0 saturated carbocycles. The number of anilines is 1. The van der Waals surface area contributed by atoms with Gasteiger partial charge in [-0.2, -0.15) is 0 Å². The van der Waals surface area contributed by atoms with Crippen LogP contribution in [0.5, 0.6) is 11.5 Å². The summed E-state index contributed by atoms with van der Waals surface area (Å²) in [4.78, 5) is 34.5. The SMILES string of the molecule is COc1ccc(C(=O)Nc2ccc(C(=O)NCC(=O)O)cc2)cc1OC. The molecule has 8 heteroatoms. The lowest BCUT2D eigenvalue weighted by Crippen LogP contribution is -2.29. The van der Waals surface area contributed by atoms with Crippen molar-refractivity contribution >= 4 is 23.5 Å². The zero-order chi connectivity index (χ0) is 19.1. The second-order valence-electron chi connectivity index (χ2n) is 5.18. The Labute approximate surface area is 149 Å². The van der Waals surface area contributed by atoms with Gasteiger partial charge in [0.2, 0.25) is 0 Å². The number of carbonyl (C=O) groups is 3. The van der Waals surface area contributed by atoms with Crippen LogP contribution in [0, 0.1) is 0 Å². The average molecular weight is 358 g/mol. The van der Waals surface area contributed by atoms with E-state index in [4.69, 9.17) is 14.6 Å². The Hall–Kier alpha value is -3.55. The van der Waals surface area contributed by atoms with Crippen LogP contribution in [0.4, 0.5) is 5.69 Å². The summed E-state index contributed by atoms with van der Waals surface area (Å²) in [5.41, 5.74) is 1.15. The van der Waals surface area contributed by atoms with E-state index >= 15 is 0 Å². The molecular weight excluding hydrogens is 340 g/mol. The topological polar surface area (TPSA) is 114 Å². The number of methoxy groups -OCH3 is 2. The van der Waals surface area contributed by atoms with Gasteiger partial charge in [0.25, 0.3) is 11.8 Å². The third-order valence-electron chi connectivity index (χ3n) is 3.45. The highest BCUT2D eigenvalue weighted by atomic mass is 16.5. The fourth-order valence-corrected chi connectivity index (χ4v) is 2.14. The Morgan fingerprint density at radius 2 is 1.50 bits per heavy atom. The van der Waals surface area contributed by atoms with E-state index < -0.39 is 18.4 Å². The Kier molecular flexibility index (Phi) is 6.15. The summed E-state index contributed by atoms with van der Waals surface area (Å²) in [7, 11) is 2.99. The van der Waals surface area contributed by atoms with Crippen molar-refractivity contribution in [3.63, 3.8) is 0 Å². The van der Waals surface area contributed by atoms with E-state index in [0.29, 0.717) is 22.7 Å². The van der Waals surface area contributed by atoms with Crippen molar-refractivity contribution in [1.82, 2.24) is 5.32 Å². The summed E-state index contributed by atoms with van der Waals surface area (Å²) in [6.45, 7) is -0.462. The first-order valence-corrected chi connectivity index (χ1v) is 7.58. The van der Waals surface area contributed by atoms with E-state index in [0.717, 1.165) is 0 Å². The van der Waals surface area contributed by atoms with Crippen molar-refractivity contribution in [2.45, 2.75) is 0 Å². The highest BCUT2D eigenvalue weighted by molar-refractivity contribution is 6.05. The predicted octanol–water partition coefficient (Wildman–Crippen LogP) is 1.77. The minimum absolute atomic E-state index is 0.287. The number of ether oxygens (including phenoxy) is 2. The quantitative estimate of drug-likeness (QED) is 0.695. The van der Waals surface area contributed by atoms with E-state index in [1.165, 1.54) is 26.4 Å². The summed E-state index contributed by atoms with van der Waals surface area (Å²) in [5.74, 6) is -1.04. The van der Waals surface area contributed by atoms with Gasteiger partial charge in [0, 0.05) is 16.8 Å². The van der Waals surface area contributed by atoms with Crippen LogP contribution in [-0.4, -0.2) is 43.7 Å². The highest BCUT2D eigenvalue weighted by Gasteiger charge is 2.12. The van der Waals surface area contributed by atoms with Crippen LogP contribution in [0.25, 0.3) is 0 Å². The fourth-order valence-electron chi connectivity index (χ4n) is 2.14. The average Bonchev–Trinajstić information content (AvgIpc) is 2.65. The molecule has 26 heavy (non-hydrogen) atoms. The zero-order valence-electron chi connectivity index (χ0n) is 14.2. The minimum atomic E-state index is -1.13. The summed E-state index contributed by atoms with van der Waals surface area (Å²) in [6, 6.07) is 10.9. The van der Waals surface area contributed by atoms with E-state index in [1.54, 1.807) is 30.3 Å². The molecule has 0 aromatic heterocycles. The maximum absolute atomic E-state index is 12.3. The van der Waals surface area contributed by atoms with Gasteiger partial charge < -0.3 is 25.2 Å². The third kappa shape index (κ3) is 4.73. The molecule has 2 aromatic carbocycles. The Bertz CT molecular complexity index is 817. The van der Waals surface area contributed by atoms with Crippen LogP contribution < -0.4 is 20.1 Å². The van der Waals surface area contributed by atoms with Gasteiger partial charge in [-0.05, 0) is 42.5 Å². The monoisotopic (exact) mass is 358 g/mol. The van der Waals surface area contributed by atoms with Gasteiger partial charge in [-0.25, -0.2) is 0 Å². The van der Waals surface area contributed by atoms with Gasteiger partial charge in [-0.15, -0.1) is 0 Å². The van der Waals surface area contributed by atoms with E-state index in [-0.39, 0.29) is 11.5 Å². The zero-order valence-corrected chi connectivity index (χ0v) is 14.2. The number of nitrogens with one attached hydrogen (secondary N) is 2. The molecule has 2 amide bonds. The molecule has 2 aromatic rings. The number of rotatable bonds is 7. The van der Waals surface area contributed by atoms with Crippen molar-refractivity contribution < 1.29 is 29.0 Å². The standard InChI is InChI=1S/C18H18N2O6/c1-25-14-8-5-12(9-15(14)26-2)18(24)20-13-6-3-11(4-7-13)17(23)19-10-16(21)22/h3-9H,10H2,1-2H3,(H,19,23)(H,20,24)(H,21,22). The molecule has 2 rings (SSSR count). The summed E-state index contributed by atoms with van der Waals surface area (Å²) >= 11 is 0.